The lowest BCUT2D eigenvalue weighted by molar-refractivity contribution is 0.0920. The predicted molar refractivity (Wildman–Crippen MR) is 53.5 cm³/mol. The average molecular weight is 194 g/mol. The molecule has 0 aliphatic carbocycles. The Labute approximate surface area is 82.9 Å². The third kappa shape index (κ3) is 1.84. The minimum Gasteiger partial charge on any atom is -0.482 e. The number of hydrogen-bond acceptors (Lipinski definition) is 3. The SMILES string of the molecule is C/N=c1/cc(C)cc(OC)n1C(C)=O. The molecule has 0 aliphatic rings. The molecule has 4 heteroatoms. The first-order valence-corrected chi connectivity index (χ1v) is 4.31. The summed E-state index contributed by atoms with van der Waals surface area (Å²) in [6, 6.07) is 3.64. The maximum absolute atomic E-state index is 11.3. The fourth-order valence-corrected chi connectivity index (χ4v) is 1.31. The molecule has 0 aliphatic heterocycles. The van der Waals surface area contributed by atoms with E-state index in [1.165, 1.54) is 18.6 Å². The summed E-state index contributed by atoms with van der Waals surface area (Å²) in [4.78, 5) is 15.4. The fourth-order valence-electron chi connectivity index (χ4n) is 1.31. The van der Waals surface area contributed by atoms with Crippen molar-refractivity contribution in [2.75, 3.05) is 14.2 Å². The van der Waals surface area contributed by atoms with Gasteiger partial charge in [0.25, 0.3) is 0 Å². The number of hydrogen-bond donors (Lipinski definition) is 0. The van der Waals surface area contributed by atoms with Gasteiger partial charge in [-0.1, -0.05) is 0 Å². The van der Waals surface area contributed by atoms with Gasteiger partial charge < -0.3 is 4.74 Å². The topological polar surface area (TPSA) is 43.6 Å². The first kappa shape index (κ1) is 10.5. The zero-order chi connectivity index (χ0) is 10.7. The number of methoxy groups -OCH3 is 1. The monoisotopic (exact) mass is 194 g/mol. The van der Waals surface area contributed by atoms with E-state index in [9.17, 15) is 4.79 Å². The molecule has 0 bridgehead atoms. The molecule has 1 heterocycles. The molecule has 0 radical (unpaired) electrons. The molecule has 0 aromatic carbocycles. The number of rotatable bonds is 1. The van der Waals surface area contributed by atoms with E-state index in [1.807, 2.05) is 13.0 Å². The molecular weight excluding hydrogens is 180 g/mol. The number of pyridine rings is 1. The number of carbonyl (C=O) groups is 1. The average Bonchev–Trinajstić information content (AvgIpc) is 2.15. The molecule has 0 amide bonds. The first-order valence-electron chi connectivity index (χ1n) is 4.31. The van der Waals surface area contributed by atoms with Crippen LogP contribution in [0.25, 0.3) is 0 Å². The van der Waals surface area contributed by atoms with Gasteiger partial charge in [-0.15, -0.1) is 0 Å². The van der Waals surface area contributed by atoms with Crippen molar-refractivity contribution in [1.82, 2.24) is 4.57 Å². The van der Waals surface area contributed by atoms with Crippen LogP contribution in [-0.4, -0.2) is 24.6 Å². The molecule has 0 saturated carbocycles. The normalized spacial score (nSPS) is 11.6. The third-order valence-corrected chi connectivity index (χ3v) is 1.91. The standard InChI is InChI=1S/C10H14N2O2/c1-7-5-9(11-3)12(8(2)13)10(6-7)14-4/h5-6H,1-4H3/b11-9-. The van der Waals surface area contributed by atoms with E-state index in [2.05, 4.69) is 4.99 Å². The van der Waals surface area contributed by atoms with Crippen LogP contribution in [0.4, 0.5) is 0 Å². The summed E-state index contributed by atoms with van der Waals surface area (Å²) < 4.78 is 6.55. The molecule has 1 aromatic heterocycles. The van der Waals surface area contributed by atoms with E-state index in [1.54, 1.807) is 13.1 Å². The van der Waals surface area contributed by atoms with Crippen molar-refractivity contribution in [3.05, 3.63) is 23.2 Å². The number of carbonyl (C=O) groups excluding carboxylic acids is 1. The molecule has 14 heavy (non-hydrogen) atoms. The summed E-state index contributed by atoms with van der Waals surface area (Å²) in [5.41, 5.74) is 1.62. The van der Waals surface area contributed by atoms with Crippen molar-refractivity contribution in [2.24, 2.45) is 4.99 Å². The van der Waals surface area contributed by atoms with Crippen LogP contribution in [-0.2, 0) is 0 Å². The quantitative estimate of drug-likeness (QED) is 0.669. The minimum atomic E-state index is -0.109. The van der Waals surface area contributed by atoms with Gasteiger partial charge in [-0.05, 0) is 18.6 Å². The van der Waals surface area contributed by atoms with Gasteiger partial charge >= 0.3 is 0 Å². The first-order chi connectivity index (χ1) is 6.60. The zero-order valence-electron chi connectivity index (χ0n) is 8.87. The third-order valence-electron chi connectivity index (χ3n) is 1.91. The summed E-state index contributed by atoms with van der Waals surface area (Å²) in [6.07, 6.45) is 0. The lowest BCUT2D eigenvalue weighted by Crippen LogP contribution is -2.26. The lowest BCUT2D eigenvalue weighted by atomic mass is 10.3. The maximum Gasteiger partial charge on any atom is 0.231 e. The van der Waals surface area contributed by atoms with Gasteiger partial charge in [0.1, 0.15) is 5.49 Å². The van der Waals surface area contributed by atoms with Crippen LogP contribution in [0.3, 0.4) is 0 Å². The van der Waals surface area contributed by atoms with E-state index in [-0.39, 0.29) is 5.91 Å². The Morgan fingerprint density at radius 3 is 2.57 bits per heavy atom. The highest BCUT2D eigenvalue weighted by molar-refractivity contribution is 5.77. The predicted octanol–water partition coefficient (Wildman–Crippen LogP) is 0.996. The van der Waals surface area contributed by atoms with Crippen LogP contribution in [0.15, 0.2) is 17.1 Å². The highest BCUT2D eigenvalue weighted by Gasteiger charge is 2.07. The van der Waals surface area contributed by atoms with Crippen molar-refractivity contribution >= 4 is 5.91 Å². The molecule has 76 valence electrons. The summed E-state index contributed by atoms with van der Waals surface area (Å²) in [7, 11) is 3.18. The van der Waals surface area contributed by atoms with Gasteiger partial charge in [0.2, 0.25) is 11.8 Å². The number of ether oxygens (including phenoxy) is 1. The van der Waals surface area contributed by atoms with Crippen LogP contribution < -0.4 is 10.2 Å². The van der Waals surface area contributed by atoms with Crippen LogP contribution in [0.2, 0.25) is 0 Å². The Morgan fingerprint density at radius 1 is 1.50 bits per heavy atom. The fraction of sp³-hybridized carbons (Fsp3) is 0.400. The van der Waals surface area contributed by atoms with E-state index in [0.29, 0.717) is 11.4 Å². The van der Waals surface area contributed by atoms with Gasteiger partial charge in [0.05, 0.1) is 7.11 Å². The van der Waals surface area contributed by atoms with E-state index in [0.717, 1.165) is 5.56 Å². The van der Waals surface area contributed by atoms with E-state index >= 15 is 0 Å². The van der Waals surface area contributed by atoms with Crippen molar-refractivity contribution < 1.29 is 9.53 Å². The molecule has 0 spiro atoms. The van der Waals surface area contributed by atoms with Crippen molar-refractivity contribution in [2.45, 2.75) is 13.8 Å². The molecule has 0 saturated heterocycles. The second-order valence-corrected chi connectivity index (χ2v) is 3.01. The summed E-state index contributed by atoms with van der Waals surface area (Å²) in [6.45, 7) is 3.41. The smallest absolute Gasteiger partial charge is 0.231 e. The van der Waals surface area contributed by atoms with Crippen molar-refractivity contribution in [3.63, 3.8) is 0 Å². The Bertz CT molecular complexity index is 419. The second-order valence-electron chi connectivity index (χ2n) is 3.01. The Balaban J connectivity index is 3.58. The second kappa shape index (κ2) is 4.09. The van der Waals surface area contributed by atoms with Gasteiger partial charge in [0.15, 0.2) is 0 Å². The molecule has 0 atom stereocenters. The largest absolute Gasteiger partial charge is 0.482 e. The summed E-state index contributed by atoms with van der Waals surface area (Å²) >= 11 is 0. The Kier molecular flexibility index (Phi) is 3.06. The molecule has 0 N–H and O–H groups in total. The highest BCUT2D eigenvalue weighted by Crippen LogP contribution is 2.09. The summed E-state index contributed by atoms with van der Waals surface area (Å²) in [5.74, 6) is 0.403. The zero-order valence-corrected chi connectivity index (χ0v) is 8.87. The van der Waals surface area contributed by atoms with Gasteiger partial charge in [-0.25, -0.2) is 4.57 Å². The highest BCUT2D eigenvalue weighted by atomic mass is 16.5. The van der Waals surface area contributed by atoms with E-state index < -0.39 is 0 Å². The summed E-state index contributed by atoms with van der Waals surface area (Å²) in [5, 5.41) is 0. The van der Waals surface area contributed by atoms with Crippen molar-refractivity contribution in [1.29, 1.82) is 0 Å². The van der Waals surface area contributed by atoms with Gasteiger partial charge in [-0.2, -0.15) is 0 Å². The Morgan fingerprint density at radius 2 is 2.14 bits per heavy atom. The van der Waals surface area contributed by atoms with Crippen LogP contribution in [0.5, 0.6) is 5.88 Å². The Hall–Kier alpha value is -1.58. The van der Waals surface area contributed by atoms with E-state index in [4.69, 9.17) is 4.74 Å². The molecule has 0 unspecified atom stereocenters. The van der Waals surface area contributed by atoms with Gasteiger partial charge in [0, 0.05) is 20.0 Å². The lowest BCUT2D eigenvalue weighted by Gasteiger charge is -2.10. The van der Waals surface area contributed by atoms with Crippen LogP contribution in [0, 0.1) is 6.92 Å². The molecule has 0 fully saturated rings. The maximum atomic E-state index is 11.3. The minimum absolute atomic E-state index is 0.109. The number of aromatic nitrogens is 1. The van der Waals surface area contributed by atoms with Gasteiger partial charge in [-0.3, -0.25) is 9.79 Å². The van der Waals surface area contributed by atoms with Crippen LogP contribution >= 0.6 is 0 Å². The number of aryl methyl sites for hydroxylation is 1. The number of nitrogens with zero attached hydrogens (tertiary/aromatic N) is 2. The van der Waals surface area contributed by atoms with Crippen molar-refractivity contribution in [3.8, 4) is 5.88 Å². The molecule has 1 aromatic rings. The molecular formula is C10H14N2O2. The van der Waals surface area contributed by atoms with Crippen LogP contribution in [0.1, 0.15) is 17.3 Å². The molecule has 4 nitrogen and oxygen atoms in total. The molecule has 1 rings (SSSR count).